The predicted molar refractivity (Wildman–Crippen MR) is 54.0 cm³/mol. The lowest BCUT2D eigenvalue weighted by Crippen LogP contribution is -2.52. The summed E-state index contributed by atoms with van der Waals surface area (Å²) in [4.78, 5) is 21.9. The quantitative estimate of drug-likeness (QED) is 0.492. The van der Waals surface area contributed by atoms with Gasteiger partial charge in [0.05, 0.1) is 19.3 Å². The second kappa shape index (κ2) is 6.29. The highest BCUT2D eigenvalue weighted by Gasteiger charge is 2.21. The van der Waals surface area contributed by atoms with Gasteiger partial charge in [0, 0.05) is 6.61 Å². The smallest absolute Gasteiger partial charge is 0.328 e. The molecule has 7 heteroatoms. The largest absolute Gasteiger partial charge is 0.480 e. The molecule has 16 heavy (non-hydrogen) atoms. The minimum Gasteiger partial charge on any atom is -0.480 e. The van der Waals surface area contributed by atoms with E-state index in [1.807, 2.05) is 0 Å². The van der Waals surface area contributed by atoms with Crippen molar-refractivity contribution in [1.82, 2.24) is 10.6 Å². The van der Waals surface area contributed by atoms with Gasteiger partial charge in [0.15, 0.2) is 6.04 Å². The van der Waals surface area contributed by atoms with Crippen LogP contribution in [0, 0.1) is 0 Å². The van der Waals surface area contributed by atoms with Crippen LogP contribution in [0.25, 0.3) is 0 Å². The summed E-state index contributed by atoms with van der Waals surface area (Å²) in [5, 5.41) is 22.1. The van der Waals surface area contributed by atoms with E-state index in [9.17, 15) is 9.59 Å². The maximum atomic E-state index is 11.3. The summed E-state index contributed by atoms with van der Waals surface area (Å²) in [6.45, 7) is 0.488. The van der Waals surface area contributed by atoms with Gasteiger partial charge >= 0.3 is 12.0 Å². The molecule has 2 amide bonds. The molecule has 1 aliphatic heterocycles. The Morgan fingerprint density at radius 2 is 2.25 bits per heavy atom. The van der Waals surface area contributed by atoms with E-state index < -0.39 is 24.6 Å². The molecular weight excluding hydrogens is 216 g/mol. The summed E-state index contributed by atoms with van der Waals surface area (Å²) in [6, 6.07) is -1.97. The number of carboxylic acids is 1. The molecule has 2 unspecified atom stereocenters. The van der Waals surface area contributed by atoms with E-state index >= 15 is 0 Å². The third kappa shape index (κ3) is 4.03. The molecule has 0 aliphatic carbocycles. The second-order valence-corrected chi connectivity index (χ2v) is 3.61. The third-order valence-electron chi connectivity index (χ3n) is 2.28. The number of ether oxygens (including phenoxy) is 1. The normalized spacial score (nSPS) is 22.2. The highest BCUT2D eigenvalue weighted by atomic mass is 16.5. The van der Waals surface area contributed by atoms with Crippen molar-refractivity contribution >= 4 is 12.0 Å². The zero-order valence-electron chi connectivity index (χ0n) is 8.81. The maximum absolute atomic E-state index is 11.3. The van der Waals surface area contributed by atoms with Crippen molar-refractivity contribution in [2.75, 3.05) is 19.8 Å². The lowest BCUT2D eigenvalue weighted by Gasteiger charge is -2.24. The number of hydrogen-bond acceptors (Lipinski definition) is 4. The lowest BCUT2D eigenvalue weighted by molar-refractivity contribution is -0.140. The van der Waals surface area contributed by atoms with Crippen LogP contribution in [0.2, 0.25) is 0 Å². The topological polar surface area (TPSA) is 108 Å². The Labute approximate surface area is 92.8 Å². The Balaban J connectivity index is 2.31. The van der Waals surface area contributed by atoms with E-state index in [0.717, 1.165) is 12.8 Å². The monoisotopic (exact) mass is 232 g/mol. The summed E-state index contributed by atoms with van der Waals surface area (Å²) in [7, 11) is 0. The van der Waals surface area contributed by atoms with Gasteiger partial charge in [0.25, 0.3) is 0 Å². The standard InChI is InChI=1S/C9H16N2O5/c12-4-7(8(13)14)11-9(15)10-6-2-1-3-16-5-6/h6-7,12H,1-5H2,(H,13,14)(H2,10,11,15). The average Bonchev–Trinajstić information content (AvgIpc) is 2.27. The van der Waals surface area contributed by atoms with Crippen LogP contribution < -0.4 is 10.6 Å². The van der Waals surface area contributed by atoms with E-state index in [1.54, 1.807) is 0 Å². The first-order valence-electron chi connectivity index (χ1n) is 5.12. The molecule has 0 spiro atoms. The molecule has 0 aromatic carbocycles. The fraction of sp³-hybridized carbons (Fsp3) is 0.778. The highest BCUT2D eigenvalue weighted by molar-refractivity contribution is 5.82. The van der Waals surface area contributed by atoms with Crippen LogP contribution in [0.4, 0.5) is 4.79 Å². The summed E-state index contributed by atoms with van der Waals surface area (Å²) in [6.07, 6.45) is 1.68. The first-order chi connectivity index (χ1) is 7.63. The number of aliphatic hydroxyl groups is 1. The molecule has 0 aromatic heterocycles. The zero-order chi connectivity index (χ0) is 12.0. The molecule has 4 N–H and O–H groups in total. The van der Waals surface area contributed by atoms with Gasteiger partial charge in [0.1, 0.15) is 0 Å². The number of aliphatic hydroxyl groups excluding tert-OH is 1. The van der Waals surface area contributed by atoms with Crippen LogP contribution in [-0.2, 0) is 9.53 Å². The first kappa shape index (κ1) is 12.7. The minimum absolute atomic E-state index is 0.0955. The predicted octanol–water partition coefficient (Wildman–Crippen LogP) is -1.09. The highest BCUT2D eigenvalue weighted by Crippen LogP contribution is 2.05. The Morgan fingerprint density at radius 3 is 2.75 bits per heavy atom. The number of hydrogen-bond donors (Lipinski definition) is 4. The van der Waals surface area contributed by atoms with Crippen LogP contribution in [0.1, 0.15) is 12.8 Å². The number of carbonyl (C=O) groups is 2. The van der Waals surface area contributed by atoms with Gasteiger partial charge in [-0.1, -0.05) is 0 Å². The van der Waals surface area contributed by atoms with Crippen LogP contribution in [0.5, 0.6) is 0 Å². The van der Waals surface area contributed by atoms with Crippen molar-refractivity contribution in [1.29, 1.82) is 0 Å². The lowest BCUT2D eigenvalue weighted by atomic mass is 10.1. The number of carboxylic acid groups (broad SMARTS) is 1. The number of nitrogens with one attached hydrogen (secondary N) is 2. The second-order valence-electron chi connectivity index (χ2n) is 3.61. The molecule has 0 bridgehead atoms. The van der Waals surface area contributed by atoms with Gasteiger partial charge < -0.3 is 25.6 Å². The van der Waals surface area contributed by atoms with Crippen molar-refractivity contribution in [3.8, 4) is 0 Å². The van der Waals surface area contributed by atoms with Crippen molar-refractivity contribution in [2.24, 2.45) is 0 Å². The number of rotatable bonds is 4. The van der Waals surface area contributed by atoms with E-state index in [-0.39, 0.29) is 6.04 Å². The van der Waals surface area contributed by atoms with Gasteiger partial charge in [-0.3, -0.25) is 0 Å². The summed E-state index contributed by atoms with van der Waals surface area (Å²) in [5.41, 5.74) is 0. The van der Waals surface area contributed by atoms with Crippen molar-refractivity contribution in [3.63, 3.8) is 0 Å². The molecule has 0 aromatic rings. The summed E-state index contributed by atoms with van der Waals surface area (Å²) >= 11 is 0. The van der Waals surface area contributed by atoms with Gasteiger partial charge in [-0.2, -0.15) is 0 Å². The molecule has 1 heterocycles. The molecular formula is C9H16N2O5. The summed E-state index contributed by atoms with van der Waals surface area (Å²) < 4.78 is 5.15. The van der Waals surface area contributed by atoms with Gasteiger partial charge in [-0.15, -0.1) is 0 Å². The van der Waals surface area contributed by atoms with Gasteiger partial charge in [-0.25, -0.2) is 9.59 Å². The molecule has 7 nitrogen and oxygen atoms in total. The van der Waals surface area contributed by atoms with Crippen molar-refractivity contribution < 1.29 is 24.5 Å². The fourth-order valence-electron chi connectivity index (χ4n) is 1.43. The third-order valence-corrected chi connectivity index (χ3v) is 2.28. The maximum Gasteiger partial charge on any atom is 0.328 e. The molecule has 1 rings (SSSR count). The molecule has 1 aliphatic rings. The van der Waals surface area contributed by atoms with Crippen LogP contribution >= 0.6 is 0 Å². The molecule has 1 saturated heterocycles. The first-order valence-corrected chi connectivity index (χ1v) is 5.12. The Kier molecular flexibility index (Phi) is 5.00. The number of aliphatic carboxylic acids is 1. The van der Waals surface area contributed by atoms with E-state index in [0.29, 0.717) is 13.2 Å². The summed E-state index contributed by atoms with van der Waals surface area (Å²) in [5.74, 6) is -1.27. The number of urea groups is 1. The average molecular weight is 232 g/mol. The molecule has 2 atom stereocenters. The Hall–Kier alpha value is -1.34. The fourth-order valence-corrected chi connectivity index (χ4v) is 1.43. The molecule has 1 fully saturated rings. The number of amides is 2. The van der Waals surface area contributed by atoms with E-state index in [4.69, 9.17) is 14.9 Å². The van der Waals surface area contributed by atoms with E-state index in [1.165, 1.54) is 0 Å². The Morgan fingerprint density at radius 1 is 1.50 bits per heavy atom. The van der Waals surface area contributed by atoms with Crippen LogP contribution in [-0.4, -0.2) is 54.1 Å². The molecule has 0 saturated carbocycles. The van der Waals surface area contributed by atoms with Crippen LogP contribution in [0.15, 0.2) is 0 Å². The molecule has 92 valence electrons. The van der Waals surface area contributed by atoms with Crippen molar-refractivity contribution in [2.45, 2.75) is 24.9 Å². The minimum atomic E-state index is -1.27. The van der Waals surface area contributed by atoms with Crippen LogP contribution in [0.3, 0.4) is 0 Å². The van der Waals surface area contributed by atoms with Crippen molar-refractivity contribution in [3.05, 3.63) is 0 Å². The Bertz CT molecular complexity index is 252. The van der Waals surface area contributed by atoms with Gasteiger partial charge in [-0.05, 0) is 12.8 Å². The zero-order valence-corrected chi connectivity index (χ0v) is 8.81. The van der Waals surface area contributed by atoms with E-state index in [2.05, 4.69) is 10.6 Å². The SMILES string of the molecule is O=C(NC1CCCOC1)NC(CO)C(=O)O. The number of carbonyl (C=O) groups excluding carboxylic acids is 1. The van der Waals surface area contributed by atoms with Gasteiger partial charge in [0.2, 0.25) is 0 Å². The molecule has 0 radical (unpaired) electrons.